The van der Waals surface area contributed by atoms with Gasteiger partial charge < -0.3 is 20.3 Å². The highest BCUT2D eigenvalue weighted by molar-refractivity contribution is 5.85. The van der Waals surface area contributed by atoms with Gasteiger partial charge in [-0.1, -0.05) is 6.07 Å². The smallest absolute Gasteiger partial charge is 0.307 e. The fourth-order valence-electron chi connectivity index (χ4n) is 1.58. The van der Waals surface area contributed by atoms with Gasteiger partial charge in [0, 0.05) is 6.04 Å². The minimum absolute atomic E-state index is 0. The number of esters is 1. The van der Waals surface area contributed by atoms with Crippen LogP contribution in [0.2, 0.25) is 0 Å². The Hall–Kier alpha value is -1.46. The van der Waals surface area contributed by atoms with Gasteiger partial charge in [0.25, 0.3) is 0 Å². The van der Waals surface area contributed by atoms with Crippen LogP contribution in [0.1, 0.15) is 24.9 Å². The van der Waals surface area contributed by atoms with Crippen molar-refractivity contribution in [2.24, 2.45) is 5.73 Å². The number of ether oxygens (including phenoxy) is 2. The van der Waals surface area contributed by atoms with Crippen LogP contribution in [0.4, 0.5) is 0 Å². The molecule has 18 heavy (non-hydrogen) atoms. The number of hydrogen-bond donors (Lipinski definition) is 2. The first-order valence-electron chi connectivity index (χ1n) is 5.37. The highest BCUT2D eigenvalue weighted by Crippen LogP contribution is 2.33. The average molecular weight is 276 g/mol. The van der Waals surface area contributed by atoms with Gasteiger partial charge in [0.2, 0.25) is 0 Å². The normalized spacial score (nSPS) is 11.3. The van der Waals surface area contributed by atoms with Crippen molar-refractivity contribution in [2.75, 3.05) is 13.7 Å². The molecule has 0 unspecified atom stereocenters. The molecule has 0 saturated heterocycles. The summed E-state index contributed by atoms with van der Waals surface area (Å²) in [5.41, 5.74) is 6.28. The number of methoxy groups -OCH3 is 1. The summed E-state index contributed by atoms with van der Waals surface area (Å²) < 4.78 is 9.90. The van der Waals surface area contributed by atoms with Crippen LogP contribution < -0.4 is 10.5 Å². The van der Waals surface area contributed by atoms with Gasteiger partial charge in [-0.25, -0.2) is 0 Å². The number of halogens is 1. The molecule has 1 aromatic rings. The molecule has 6 heteroatoms. The van der Waals surface area contributed by atoms with Crippen molar-refractivity contribution in [3.05, 3.63) is 23.8 Å². The molecule has 0 bridgehead atoms. The predicted octanol–water partition coefficient (Wildman–Crippen LogP) is 1.78. The molecule has 0 spiro atoms. The highest BCUT2D eigenvalue weighted by atomic mass is 35.5. The third-order valence-electron chi connectivity index (χ3n) is 2.33. The molecule has 0 saturated carbocycles. The Morgan fingerprint density at radius 1 is 1.50 bits per heavy atom. The fourth-order valence-corrected chi connectivity index (χ4v) is 1.58. The third-order valence-corrected chi connectivity index (χ3v) is 2.33. The molecule has 1 atom stereocenters. The fraction of sp³-hybridized carbons (Fsp3) is 0.417. The lowest BCUT2D eigenvalue weighted by Crippen LogP contribution is -2.18. The Bertz CT molecular complexity index is 398. The van der Waals surface area contributed by atoms with Crippen molar-refractivity contribution >= 4 is 18.4 Å². The molecule has 5 nitrogen and oxygen atoms in total. The molecular formula is C12H18ClNO4. The lowest BCUT2D eigenvalue weighted by Gasteiger charge is -2.16. The van der Waals surface area contributed by atoms with Crippen LogP contribution in [-0.4, -0.2) is 24.8 Å². The van der Waals surface area contributed by atoms with Crippen LogP contribution in [-0.2, 0) is 9.53 Å². The van der Waals surface area contributed by atoms with Gasteiger partial charge in [0.05, 0.1) is 25.7 Å². The number of phenols is 1. The summed E-state index contributed by atoms with van der Waals surface area (Å²) in [6.45, 7) is 2.04. The molecule has 102 valence electrons. The lowest BCUT2D eigenvalue weighted by atomic mass is 10.0. The maximum absolute atomic E-state index is 11.3. The second-order valence-electron chi connectivity index (χ2n) is 3.51. The van der Waals surface area contributed by atoms with E-state index >= 15 is 0 Å². The first kappa shape index (κ1) is 16.5. The second kappa shape index (κ2) is 7.79. The number of carbonyl (C=O) groups excluding carboxylic acids is 1. The zero-order chi connectivity index (χ0) is 12.8. The Morgan fingerprint density at radius 2 is 2.17 bits per heavy atom. The van der Waals surface area contributed by atoms with Crippen LogP contribution in [0.3, 0.4) is 0 Å². The Balaban J connectivity index is 0.00000289. The van der Waals surface area contributed by atoms with E-state index in [4.69, 9.17) is 15.2 Å². The molecule has 3 N–H and O–H groups in total. The first-order valence-corrected chi connectivity index (χ1v) is 5.37. The quantitative estimate of drug-likeness (QED) is 0.801. The van der Waals surface area contributed by atoms with Crippen molar-refractivity contribution in [3.8, 4) is 11.5 Å². The number of carbonyl (C=O) groups is 1. The van der Waals surface area contributed by atoms with Crippen molar-refractivity contribution in [3.63, 3.8) is 0 Å². The van der Waals surface area contributed by atoms with Gasteiger partial charge in [-0.2, -0.15) is 0 Å². The largest absolute Gasteiger partial charge is 0.507 e. The van der Waals surface area contributed by atoms with E-state index in [1.807, 2.05) is 0 Å². The molecule has 0 aliphatic carbocycles. The number of benzene rings is 1. The van der Waals surface area contributed by atoms with Crippen LogP contribution in [0.15, 0.2) is 18.2 Å². The van der Waals surface area contributed by atoms with E-state index in [-0.39, 0.29) is 24.6 Å². The van der Waals surface area contributed by atoms with Gasteiger partial charge in [0.1, 0.15) is 11.5 Å². The van der Waals surface area contributed by atoms with E-state index in [1.165, 1.54) is 13.2 Å². The number of nitrogens with two attached hydrogens (primary N) is 1. The first-order chi connectivity index (χ1) is 8.10. The van der Waals surface area contributed by atoms with Crippen molar-refractivity contribution in [2.45, 2.75) is 19.4 Å². The molecule has 0 heterocycles. The maximum Gasteiger partial charge on any atom is 0.307 e. The Kier molecular flexibility index (Phi) is 7.16. The summed E-state index contributed by atoms with van der Waals surface area (Å²) in [7, 11) is 1.48. The minimum atomic E-state index is -0.648. The van der Waals surface area contributed by atoms with Gasteiger partial charge in [0.15, 0.2) is 0 Å². The molecule has 0 fully saturated rings. The molecule has 0 aliphatic heterocycles. The summed E-state index contributed by atoms with van der Waals surface area (Å²) in [6.07, 6.45) is 0.00176. The molecule has 0 radical (unpaired) electrons. The van der Waals surface area contributed by atoms with E-state index < -0.39 is 12.0 Å². The molecule has 0 aliphatic rings. The number of rotatable bonds is 5. The Morgan fingerprint density at radius 3 is 2.72 bits per heavy atom. The molecule has 0 amide bonds. The zero-order valence-electron chi connectivity index (χ0n) is 10.4. The molecule has 1 aromatic carbocycles. The minimum Gasteiger partial charge on any atom is -0.507 e. The summed E-state index contributed by atoms with van der Waals surface area (Å²) in [5, 5.41) is 9.72. The highest BCUT2D eigenvalue weighted by Gasteiger charge is 2.19. The van der Waals surface area contributed by atoms with Crippen molar-refractivity contribution < 1.29 is 19.4 Å². The van der Waals surface area contributed by atoms with E-state index in [9.17, 15) is 9.90 Å². The summed E-state index contributed by atoms with van der Waals surface area (Å²) in [4.78, 5) is 11.3. The second-order valence-corrected chi connectivity index (χ2v) is 3.51. The van der Waals surface area contributed by atoms with Crippen molar-refractivity contribution in [1.29, 1.82) is 0 Å². The van der Waals surface area contributed by atoms with Crippen LogP contribution in [0, 0.1) is 0 Å². The Labute approximate surface area is 112 Å². The summed E-state index contributed by atoms with van der Waals surface area (Å²) >= 11 is 0. The predicted molar refractivity (Wildman–Crippen MR) is 70.1 cm³/mol. The van der Waals surface area contributed by atoms with Gasteiger partial charge in [-0.3, -0.25) is 4.79 Å². The lowest BCUT2D eigenvalue weighted by molar-refractivity contribution is -0.143. The van der Waals surface area contributed by atoms with Gasteiger partial charge in [-0.15, -0.1) is 12.4 Å². The third kappa shape index (κ3) is 4.09. The van der Waals surface area contributed by atoms with Crippen LogP contribution in [0.5, 0.6) is 11.5 Å². The van der Waals surface area contributed by atoms with Crippen LogP contribution in [0.25, 0.3) is 0 Å². The summed E-state index contributed by atoms with van der Waals surface area (Å²) in [5.74, 6) is 0.0771. The number of aromatic hydroxyl groups is 1. The van der Waals surface area contributed by atoms with E-state index in [0.717, 1.165) is 0 Å². The molecule has 0 aromatic heterocycles. The van der Waals surface area contributed by atoms with Gasteiger partial charge >= 0.3 is 5.97 Å². The van der Waals surface area contributed by atoms with E-state index in [0.29, 0.717) is 17.9 Å². The maximum atomic E-state index is 11.3. The zero-order valence-corrected chi connectivity index (χ0v) is 11.2. The SMILES string of the molecule is CCOC(=O)C[C@H](N)c1c(O)cccc1OC.Cl. The summed E-state index contributed by atoms with van der Waals surface area (Å²) in [6, 6.07) is 4.18. The number of hydrogen-bond acceptors (Lipinski definition) is 5. The van der Waals surface area contributed by atoms with Crippen molar-refractivity contribution in [1.82, 2.24) is 0 Å². The van der Waals surface area contributed by atoms with E-state index in [1.54, 1.807) is 19.1 Å². The monoisotopic (exact) mass is 275 g/mol. The topological polar surface area (TPSA) is 81.8 Å². The standard InChI is InChI=1S/C12H17NO4.ClH/c1-3-17-11(15)7-8(13)12-9(14)5-4-6-10(12)16-2;/h4-6,8,14H,3,7,13H2,1-2H3;1H/t8-;/m0./s1. The molecule has 1 rings (SSSR count). The average Bonchev–Trinajstić information content (AvgIpc) is 2.28. The molecular weight excluding hydrogens is 258 g/mol. The number of phenolic OH excluding ortho intramolecular Hbond substituents is 1. The van der Waals surface area contributed by atoms with Gasteiger partial charge in [-0.05, 0) is 19.1 Å². The van der Waals surface area contributed by atoms with E-state index in [2.05, 4.69) is 0 Å². The van der Waals surface area contributed by atoms with Crippen LogP contribution >= 0.6 is 12.4 Å².